The van der Waals surface area contributed by atoms with E-state index < -0.39 is 17.5 Å². The zero-order valence-corrected chi connectivity index (χ0v) is 6.21. The van der Waals surface area contributed by atoms with Gasteiger partial charge in [-0.05, 0) is 25.0 Å². The second-order valence-electron chi connectivity index (χ2n) is 2.45. The van der Waals surface area contributed by atoms with E-state index in [9.17, 15) is 13.2 Å². The van der Waals surface area contributed by atoms with Gasteiger partial charge in [-0.3, -0.25) is 0 Å². The molecule has 60 valence electrons. The molecule has 0 saturated carbocycles. The van der Waals surface area contributed by atoms with Crippen LogP contribution in [0.4, 0.5) is 13.2 Å². The van der Waals surface area contributed by atoms with E-state index in [1.165, 1.54) is 19.9 Å². The molecule has 11 heavy (non-hydrogen) atoms. The highest BCUT2D eigenvalue weighted by Gasteiger charge is 2.13. The molecule has 0 aliphatic heterocycles. The second kappa shape index (κ2) is 2.57. The molecule has 1 aromatic carbocycles. The Morgan fingerprint density at radius 2 is 1.18 bits per heavy atom. The highest BCUT2D eigenvalue weighted by molar-refractivity contribution is 5.25. The van der Waals surface area contributed by atoms with Crippen molar-refractivity contribution in [1.29, 1.82) is 0 Å². The fourth-order valence-electron chi connectivity index (χ4n) is 0.894. The number of halogens is 3. The first-order valence-corrected chi connectivity index (χ1v) is 3.14. The lowest BCUT2D eigenvalue weighted by molar-refractivity contribution is 0.440. The molecule has 0 spiro atoms. The fraction of sp³-hybridized carbons (Fsp3) is 0.250. The van der Waals surface area contributed by atoms with E-state index in [-0.39, 0.29) is 11.1 Å². The Morgan fingerprint density at radius 3 is 1.55 bits per heavy atom. The molecule has 0 nitrogen and oxygen atoms in total. The monoisotopic (exact) mass is 160 g/mol. The lowest BCUT2D eigenvalue weighted by Gasteiger charge is -2.01. The SMILES string of the molecule is Cc1cc(C)c(F)c(F)c1F. The average Bonchev–Trinajstić information content (AvgIpc) is 1.97. The molecule has 0 amide bonds. The van der Waals surface area contributed by atoms with Gasteiger partial charge in [-0.1, -0.05) is 6.07 Å². The zero-order chi connectivity index (χ0) is 8.59. The van der Waals surface area contributed by atoms with Crippen molar-refractivity contribution in [3.8, 4) is 0 Å². The highest BCUT2D eigenvalue weighted by atomic mass is 19.2. The van der Waals surface area contributed by atoms with Crippen LogP contribution >= 0.6 is 0 Å². The minimum Gasteiger partial charge on any atom is -0.203 e. The van der Waals surface area contributed by atoms with Gasteiger partial charge in [0.25, 0.3) is 0 Å². The predicted octanol–water partition coefficient (Wildman–Crippen LogP) is 2.72. The lowest BCUT2D eigenvalue weighted by Crippen LogP contribution is -1.96. The standard InChI is InChI=1S/C8H7F3/c1-4-3-5(2)7(10)8(11)6(4)9/h3H,1-2H3. The van der Waals surface area contributed by atoms with E-state index in [2.05, 4.69) is 0 Å². The first-order chi connectivity index (χ1) is 5.04. The van der Waals surface area contributed by atoms with Gasteiger partial charge in [0, 0.05) is 0 Å². The van der Waals surface area contributed by atoms with E-state index in [0.29, 0.717) is 0 Å². The third-order valence-electron chi connectivity index (χ3n) is 1.51. The van der Waals surface area contributed by atoms with Crippen molar-refractivity contribution in [2.75, 3.05) is 0 Å². The summed E-state index contributed by atoms with van der Waals surface area (Å²) in [7, 11) is 0. The maximum atomic E-state index is 12.6. The van der Waals surface area contributed by atoms with Crippen molar-refractivity contribution in [2.45, 2.75) is 13.8 Å². The third kappa shape index (κ3) is 1.23. The number of hydrogen-bond acceptors (Lipinski definition) is 0. The maximum Gasteiger partial charge on any atom is 0.194 e. The van der Waals surface area contributed by atoms with Gasteiger partial charge < -0.3 is 0 Å². The van der Waals surface area contributed by atoms with Gasteiger partial charge in [0.1, 0.15) is 0 Å². The Hall–Kier alpha value is -0.990. The summed E-state index contributed by atoms with van der Waals surface area (Å²) in [5, 5.41) is 0. The van der Waals surface area contributed by atoms with Crippen LogP contribution < -0.4 is 0 Å². The third-order valence-corrected chi connectivity index (χ3v) is 1.51. The van der Waals surface area contributed by atoms with Crippen molar-refractivity contribution in [3.63, 3.8) is 0 Å². The molecule has 0 saturated heterocycles. The smallest absolute Gasteiger partial charge is 0.194 e. The molecular weight excluding hydrogens is 153 g/mol. The van der Waals surface area contributed by atoms with E-state index in [0.717, 1.165) is 0 Å². The summed E-state index contributed by atoms with van der Waals surface area (Å²) in [5.74, 6) is -3.59. The Labute approximate surface area is 62.7 Å². The first-order valence-electron chi connectivity index (χ1n) is 3.14. The van der Waals surface area contributed by atoms with Crippen LogP contribution in [0, 0.1) is 31.3 Å². The van der Waals surface area contributed by atoms with Crippen LogP contribution in [0.3, 0.4) is 0 Å². The van der Waals surface area contributed by atoms with Gasteiger partial charge in [0.05, 0.1) is 0 Å². The van der Waals surface area contributed by atoms with Gasteiger partial charge >= 0.3 is 0 Å². The largest absolute Gasteiger partial charge is 0.203 e. The molecule has 1 rings (SSSR count). The molecule has 0 fully saturated rings. The van der Waals surface area contributed by atoms with Crippen LogP contribution in [-0.2, 0) is 0 Å². The normalized spacial score (nSPS) is 10.3. The molecular formula is C8H7F3. The quantitative estimate of drug-likeness (QED) is 0.512. The molecule has 0 unspecified atom stereocenters. The topological polar surface area (TPSA) is 0 Å². The van der Waals surface area contributed by atoms with E-state index in [4.69, 9.17) is 0 Å². The van der Waals surface area contributed by atoms with Crippen LogP contribution in [0.25, 0.3) is 0 Å². The lowest BCUT2D eigenvalue weighted by atomic mass is 10.1. The molecule has 1 aromatic rings. The van der Waals surface area contributed by atoms with Crippen molar-refractivity contribution in [3.05, 3.63) is 34.6 Å². The molecule has 0 heterocycles. The molecule has 3 heteroatoms. The average molecular weight is 160 g/mol. The molecule has 0 N–H and O–H groups in total. The van der Waals surface area contributed by atoms with Gasteiger partial charge in [-0.15, -0.1) is 0 Å². The minimum absolute atomic E-state index is 0.126. The van der Waals surface area contributed by atoms with Gasteiger partial charge in [0.2, 0.25) is 0 Å². The second-order valence-corrected chi connectivity index (χ2v) is 2.45. The van der Waals surface area contributed by atoms with Crippen LogP contribution in [0.5, 0.6) is 0 Å². The van der Waals surface area contributed by atoms with Crippen molar-refractivity contribution < 1.29 is 13.2 Å². The Balaban J connectivity index is 3.46. The molecule has 0 atom stereocenters. The van der Waals surface area contributed by atoms with Crippen LogP contribution in [-0.4, -0.2) is 0 Å². The molecule has 0 aliphatic carbocycles. The number of hydrogen-bond donors (Lipinski definition) is 0. The summed E-state index contributed by atoms with van der Waals surface area (Å²) < 4.78 is 37.6. The molecule has 0 aromatic heterocycles. The number of aryl methyl sites for hydroxylation is 2. The number of rotatable bonds is 0. The van der Waals surface area contributed by atoms with Gasteiger partial charge in [-0.25, -0.2) is 13.2 Å². The van der Waals surface area contributed by atoms with Gasteiger partial charge in [-0.2, -0.15) is 0 Å². The van der Waals surface area contributed by atoms with Crippen molar-refractivity contribution in [1.82, 2.24) is 0 Å². The van der Waals surface area contributed by atoms with E-state index >= 15 is 0 Å². The summed E-state index contributed by atoms with van der Waals surface area (Å²) in [5.41, 5.74) is 0.253. The predicted molar refractivity (Wildman–Crippen MR) is 35.8 cm³/mol. The Kier molecular flexibility index (Phi) is 1.89. The summed E-state index contributed by atoms with van der Waals surface area (Å²) in [6, 6.07) is 1.27. The molecule has 0 aliphatic rings. The van der Waals surface area contributed by atoms with Crippen molar-refractivity contribution in [2.24, 2.45) is 0 Å². The van der Waals surface area contributed by atoms with Crippen LogP contribution in [0.15, 0.2) is 6.07 Å². The summed E-state index contributed by atoms with van der Waals surface area (Å²) in [6.45, 7) is 2.79. The van der Waals surface area contributed by atoms with Crippen molar-refractivity contribution >= 4 is 0 Å². The highest BCUT2D eigenvalue weighted by Crippen LogP contribution is 2.17. The van der Waals surface area contributed by atoms with Crippen LogP contribution in [0.2, 0.25) is 0 Å². The van der Waals surface area contributed by atoms with Crippen LogP contribution in [0.1, 0.15) is 11.1 Å². The first kappa shape index (κ1) is 8.11. The summed E-state index contributed by atoms with van der Waals surface area (Å²) in [6.07, 6.45) is 0. The molecule has 0 bridgehead atoms. The maximum absolute atomic E-state index is 12.6. The Morgan fingerprint density at radius 1 is 0.818 bits per heavy atom. The fourth-order valence-corrected chi connectivity index (χ4v) is 0.894. The summed E-state index contributed by atoms with van der Waals surface area (Å²) >= 11 is 0. The van der Waals surface area contributed by atoms with E-state index in [1.807, 2.05) is 0 Å². The molecule has 0 radical (unpaired) electrons. The Bertz CT molecular complexity index is 266. The zero-order valence-electron chi connectivity index (χ0n) is 6.21. The van der Waals surface area contributed by atoms with E-state index in [1.54, 1.807) is 0 Å². The van der Waals surface area contributed by atoms with Gasteiger partial charge in [0.15, 0.2) is 17.5 Å². The minimum atomic E-state index is -1.39. The summed E-state index contributed by atoms with van der Waals surface area (Å²) in [4.78, 5) is 0. The number of benzene rings is 1.